The Kier molecular flexibility index (Phi) is 3.10. The molecule has 0 fully saturated rings. The summed E-state index contributed by atoms with van der Waals surface area (Å²) >= 11 is 5.79. The summed E-state index contributed by atoms with van der Waals surface area (Å²) in [6.07, 6.45) is 0. The molecule has 14 heavy (non-hydrogen) atoms. The molecule has 0 unspecified atom stereocenters. The Balaban J connectivity index is 3.20. The van der Waals surface area contributed by atoms with Crippen LogP contribution in [0.1, 0.15) is 11.1 Å². The van der Waals surface area contributed by atoms with Crippen LogP contribution in [0.15, 0.2) is 12.1 Å². The second-order valence-electron chi connectivity index (χ2n) is 2.65. The minimum atomic E-state index is -0.747. The average Bonchev–Trinajstić information content (AvgIpc) is 2.13. The third-order valence-electron chi connectivity index (χ3n) is 1.64. The van der Waals surface area contributed by atoms with Gasteiger partial charge in [-0.2, -0.15) is 0 Å². The lowest BCUT2D eigenvalue weighted by atomic mass is 10.1. The fourth-order valence-electron chi connectivity index (χ4n) is 0.887. The van der Waals surface area contributed by atoms with Crippen molar-refractivity contribution in [2.75, 3.05) is 0 Å². The molecule has 0 bridgehead atoms. The van der Waals surface area contributed by atoms with Gasteiger partial charge in [0, 0.05) is 17.0 Å². The largest absolute Gasteiger partial charge is 0.359 e. The van der Waals surface area contributed by atoms with Crippen molar-refractivity contribution in [2.45, 2.75) is 6.92 Å². The molecular weight excluding hydrogens is 205 g/mol. The van der Waals surface area contributed by atoms with Gasteiger partial charge in [0.25, 0.3) is 5.91 Å². The molecule has 2 nitrogen and oxygen atoms in total. The Labute approximate surface area is 85.9 Å². The summed E-state index contributed by atoms with van der Waals surface area (Å²) in [5.41, 5.74) is 5.53. The van der Waals surface area contributed by atoms with Crippen LogP contribution in [-0.2, 0) is 4.79 Å². The number of primary amides is 1. The van der Waals surface area contributed by atoms with Crippen molar-refractivity contribution in [2.24, 2.45) is 5.73 Å². The number of benzene rings is 1. The summed E-state index contributed by atoms with van der Waals surface area (Å²) in [4.78, 5) is 10.4. The zero-order chi connectivity index (χ0) is 10.7. The fourth-order valence-corrected chi connectivity index (χ4v) is 1.09. The minimum absolute atomic E-state index is 0.207. The Morgan fingerprint density at radius 3 is 2.79 bits per heavy atom. The summed E-state index contributed by atoms with van der Waals surface area (Å²) in [6, 6.07) is 2.65. The highest BCUT2D eigenvalue weighted by Gasteiger charge is 2.05. The van der Waals surface area contributed by atoms with Gasteiger partial charge in [-0.1, -0.05) is 17.5 Å². The Bertz CT molecular complexity index is 445. The fraction of sp³-hybridized carbons (Fsp3) is 0.100. The Morgan fingerprint density at radius 1 is 1.57 bits per heavy atom. The van der Waals surface area contributed by atoms with Crippen LogP contribution in [0.5, 0.6) is 0 Å². The number of carbonyl (C=O) groups is 1. The number of nitrogens with two attached hydrogens (primary N) is 1. The first kappa shape index (κ1) is 10.6. The van der Waals surface area contributed by atoms with Gasteiger partial charge in [-0.3, -0.25) is 4.79 Å². The summed E-state index contributed by atoms with van der Waals surface area (Å²) in [7, 11) is 0. The summed E-state index contributed by atoms with van der Waals surface area (Å²) in [5.74, 6) is 3.44. The first-order valence-electron chi connectivity index (χ1n) is 3.78. The number of amides is 1. The first-order chi connectivity index (χ1) is 6.52. The number of carbonyl (C=O) groups excluding carboxylic acids is 1. The maximum absolute atomic E-state index is 12.9. The molecule has 0 aliphatic heterocycles. The number of hydrogen-bond donors (Lipinski definition) is 1. The predicted molar refractivity (Wildman–Crippen MR) is 52.2 cm³/mol. The van der Waals surface area contributed by atoms with Crippen LogP contribution in [0.3, 0.4) is 0 Å². The van der Waals surface area contributed by atoms with Crippen LogP contribution < -0.4 is 5.73 Å². The van der Waals surface area contributed by atoms with Crippen LogP contribution in [0.2, 0.25) is 5.02 Å². The van der Waals surface area contributed by atoms with E-state index in [1.165, 1.54) is 19.1 Å². The molecular formula is C10H7ClFNO. The van der Waals surface area contributed by atoms with Crippen LogP contribution in [0.25, 0.3) is 0 Å². The van der Waals surface area contributed by atoms with Gasteiger partial charge in [0.05, 0.1) is 5.02 Å². The molecule has 4 heteroatoms. The van der Waals surface area contributed by atoms with E-state index in [0.717, 1.165) is 0 Å². The van der Waals surface area contributed by atoms with Gasteiger partial charge in [0.15, 0.2) is 0 Å². The second-order valence-corrected chi connectivity index (χ2v) is 3.03. The van der Waals surface area contributed by atoms with E-state index in [-0.39, 0.29) is 5.02 Å². The molecule has 1 rings (SSSR count). The van der Waals surface area contributed by atoms with Crippen molar-refractivity contribution in [3.8, 4) is 11.8 Å². The smallest absolute Gasteiger partial charge is 0.293 e. The number of halogens is 2. The van der Waals surface area contributed by atoms with Crippen molar-refractivity contribution < 1.29 is 9.18 Å². The average molecular weight is 212 g/mol. The molecule has 1 aromatic carbocycles. The van der Waals surface area contributed by atoms with Gasteiger partial charge < -0.3 is 5.73 Å². The SMILES string of the molecule is Cc1c(F)ccc(C#CC(N)=O)c1Cl. The molecule has 0 radical (unpaired) electrons. The normalized spacial score (nSPS) is 9.07. The maximum Gasteiger partial charge on any atom is 0.293 e. The molecule has 0 aliphatic carbocycles. The van der Waals surface area contributed by atoms with Crippen LogP contribution in [0.4, 0.5) is 4.39 Å². The minimum Gasteiger partial charge on any atom is -0.359 e. The van der Waals surface area contributed by atoms with Gasteiger partial charge >= 0.3 is 0 Å². The van der Waals surface area contributed by atoms with Gasteiger partial charge in [0.2, 0.25) is 0 Å². The highest BCUT2D eigenvalue weighted by atomic mass is 35.5. The molecule has 0 spiro atoms. The quantitative estimate of drug-likeness (QED) is 0.652. The molecule has 1 aromatic rings. The highest BCUT2D eigenvalue weighted by Crippen LogP contribution is 2.22. The van der Waals surface area contributed by atoms with Crippen LogP contribution in [-0.4, -0.2) is 5.91 Å². The topological polar surface area (TPSA) is 43.1 Å². The van der Waals surface area contributed by atoms with Gasteiger partial charge in [-0.15, -0.1) is 0 Å². The van der Waals surface area contributed by atoms with Gasteiger partial charge in [-0.05, 0) is 19.1 Å². The predicted octanol–water partition coefficient (Wildman–Crippen LogP) is 1.62. The standard InChI is InChI=1S/C10H7ClFNO/c1-6-8(12)4-2-7(10(6)11)3-5-9(13)14/h2,4H,1H3,(H2,13,14). The van der Waals surface area contributed by atoms with E-state index < -0.39 is 11.7 Å². The molecule has 0 aliphatic rings. The van der Waals surface area contributed by atoms with E-state index in [4.69, 9.17) is 17.3 Å². The van der Waals surface area contributed by atoms with Crippen molar-refractivity contribution in [3.63, 3.8) is 0 Å². The van der Waals surface area contributed by atoms with Gasteiger partial charge in [-0.25, -0.2) is 4.39 Å². The van der Waals surface area contributed by atoms with E-state index >= 15 is 0 Å². The molecule has 72 valence electrons. The van der Waals surface area contributed by atoms with Crippen molar-refractivity contribution in [3.05, 3.63) is 34.1 Å². The highest BCUT2D eigenvalue weighted by molar-refractivity contribution is 6.32. The number of hydrogen-bond acceptors (Lipinski definition) is 1. The van der Waals surface area contributed by atoms with E-state index in [0.29, 0.717) is 11.1 Å². The summed E-state index contributed by atoms with van der Waals surface area (Å²) in [6.45, 7) is 1.53. The lowest BCUT2D eigenvalue weighted by Crippen LogP contribution is -2.06. The van der Waals surface area contributed by atoms with Crippen molar-refractivity contribution >= 4 is 17.5 Å². The molecule has 0 aromatic heterocycles. The monoisotopic (exact) mass is 211 g/mol. The van der Waals surface area contributed by atoms with Gasteiger partial charge in [0.1, 0.15) is 5.82 Å². The molecule has 0 atom stereocenters. The molecule has 0 saturated carbocycles. The first-order valence-corrected chi connectivity index (χ1v) is 4.16. The zero-order valence-corrected chi connectivity index (χ0v) is 8.15. The summed E-state index contributed by atoms with van der Waals surface area (Å²) in [5, 5.41) is 0.207. The second kappa shape index (κ2) is 4.12. The van der Waals surface area contributed by atoms with E-state index in [1.54, 1.807) is 0 Å². The zero-order valence-electron chi connectivity index (χ0n) is 7.40. The van der Waals surface area contributed by atoms with Crippen LogP contribution in [0, 0.1) is 24.6 Å². The van der Waals surface area contributed by atoms with Crippen molar-refractivity contribution in [1.82, 2.24) is 0 Å². The van der Waals surface area contributed by atoms with E-state index in [2.05, 4.69) is 11.8 Å². The van der Waals surface area contributed by atoms with E-state index in [9.17, 15) is 9.18 Å². The Hall–Kier alpha value is -1.53. The summed E-state index contributed by atoms with van der Waals surface area (Å²) < 4.78 is 12.9. The third kappa shape index (κ3) is 2.24. The van der Waals surface area contributed by atoms with E-state index in [1.807, 2.05) is 0 Å². The maximum atomic E-state index is 12.9. The molecule has 0 heterocycles. The third-order valence-corrected chi connectivity index (χ3v) is 2.13. The lowest BCUT2D eigenvalue weighted by molar-refractivity contribution is -0.112. The Morgan fingerprint density at radius 2 is 2.21 bits per heavy atom. The molecule has 1 amide bonds. The van der Waals surface area contributed by atoms with Crippen molar-refractivity contribution in [1.29, 1.82) is 0 Å². The molecule has 0 saturated heterocycles. The molecule has 2 N–H and O–H groups in total. The lowest BCUT2D eigenvalue weighted by Gasteiger charge is -2.00. The van der Waals surface area contributed by atoms with Crippen LogP contribution >= 0.6 is 11.6 Å². The number of rotatable bonds is 0.